The molecular formula is C21H21ClNO+. The monoisotopic (exact) mass is 338 g/mol. The largest absolute Gasteiger partial charge is 0.497 e. The van der Waals surface area contributed by atoms with Crippen LogP contribution in [0.4, 0.5) is 0 Å². The Bertz CT molecular complexity index is 754. The predicted molar refractivity (Wildman–Crippen MR) is 98.4 cm³/mol. The molecule has 2 nitrogen and oxygen atoms in total. The SMILES string of the molecule is COc1ccc(C[NH2+][C@@H](c2ccccc2)c2ccc(Cl)cc2)cc1. The highest BCUT2D eigenvalue weighted by atomic mass is 35.5. The summed E-state index contributed by atoms with van der Waals surface area (Å²) in [5, 5.41) is 3.11. The summed E-state index contributed by atoms with van der Waals surface area (Å²) >= 11 is 6.04. The second kappa shape index (κ2) is 8.00. The van der Waals surface area contributed by atoms with E-state index in [-0.39, 0.29) is 6.04 Å². The van der Waals surface area contributed by atoms with E-state index in [0.29, 0.717) is 0 Å². The molecule has 0 unspecified atom stereocenters. The van der Waals surface area contributed by atoms with E-state index in [2.05, 4.69) is 53.8 Å². The molecule has 0 aromatic heterocycles. The van der Waals surface area contributed by atoms with Gasteiger partial charge in [-0.05, 0) is 36.4 Å². The molecule has 3 aromatic carbocycles. The van der Waals surface area contributed by atoms with Gasteiger partial charge in [-0.2, -0.15) is 0 Å². The van der Waals surface area contributed by atoms with Gasteiger partial charge in [0.05, 0.1) is 7.11 Å². The molecule has 122 valence electrons. The van der Waals surface area contributed by atoms with Gasteiger partial charge in [0.15, 0.2) is 0 Å². The first-order valence-electron chi connectivity index (χ1n) is 8.03. The summed E-state index contributed by atoms with van der Waals surface area (Å²) in [5.41, 5.74) is 3.80. The van der Waals surface area contributed by atoms with Gasteiger partial charge in [-0.15, -0.1) is 0 Å². The average molecular weight is 339 g/mol. The lowest BCUT2D eigenvalue weighted by Gasteiger charge is -2.17. The van der Waals surface area contributed by atoms with E-state index in [1.165, 1.54) is 16.7 Å². The number of halogens is 1. The van der Waals surface area contributed by atoms with Crippen LogP contribution in [0.3, 0.4) is 0 Å². The summed E-state index contributed by atoms with van der Waals surface area (Å²) in [6, 6.07) is 27.1. The Morgan fingerprint density at radius 2 is 1.46 bits per heavy atom. The smallest absolute Gasteiger partial charge is 0.138 e. The number of nitrogens with two attached hydrogens (primary N) is 1. The molecule has 0 saturated carbocycles. The first kappa shape index (κ1) is 16.6. The Morgan fingerprint density at radius 1 is 0.833 bits per heavy atom. The summed E-state index contributed by atoms with van der Waals surface area (Å²) in [6.07, 6.45) is 0. The Morgan fingerprint density at radius 3 is 2.08 bits per heavy atom. The number of benzene rings is 3. The summed E-state index contributed by atoms with van der Waals surface area (Å²) in [6.45, 7) is 0.895. The summed E-state index contributed by atoms with van der Waals surface area (Å²) in [7, 11) is 1.69. The van der Waals surface area contributed by atoms with Crippen LogP contribution < -0.4 is 10.1 Å². The number of methoxy groups -OCH3 is 1. The molecule has 0 radical (unpaired) electrons. The Hall–Kier alpha value is -2.29. The maximum atomic E-state index is 6.04. The van der Waals surface area contributed by atoms with E-state index in [4.69, 9.17) is 16.3 Å². The van der Waals surface area contributed by atoms with Crippen LogP contribution in [0.25, 0.3) is 0 Å². The minimum absolute atomic E-state index is 0.241. The normalized spacial score (nSPS) is 11.9. The van der Waals surface area contributed by atoms with Crippen LogP contribution in [0.2, 0.25) is 5.02 Å². The second-order valence-corrected chi connectivity index (χ2v) is 6.16. The van der Waals surface area contributed by atoms with E-state index in [0.717, 1.165) is 17.3 Å². The number of ether oxygens (including phenoxy) is 1. The number of hydrogen-bond donors (Lipinski definition) is 1. The van der Waals surface area contributed by atoms with Gasteiger partial charge in [0, 0.05) is 21.7 Å². The van der Waals surface area contributed by atoms with Gasteiger partial charge in [0.1, 0.15) is 18.3 Å². The van der Waals surface area contributed by atoms with Crippen LogP contribution >= 0.6 is 11.6 Å². The molecule has 0 fully saturated rings. The van der Waals surface area contributed by atoms with Gasteiger partial charge in [0.2, 0.25) is 0 Å². The third kappa shape index (κ3) is 4.16. The standard InChI is InChI=1S/C21H20ClNO/c1-24-20-13-7-16(8-14-20)15-23-21(17-5-3-2-4-6-17)18-9-11-19(22)12-10-18/h2-14,21,23H,15H2,1H3/p+1/t21-/m0/s1. The third-order valence-electron chi connectivity index (χ3n) is 4.14. The van der Waals surface area contributed by atoms with Crippen molar-refractivity contribution in [2.75, 3.05) is 7.11 Å². The van der Waals surface area contributed by atoms with Crippen molar-refractivity contribution in [3.63, 3.8) is 0 Å². The fourth-order valence-corrected chi connectivity index (χ4v) is 2.94. The average Bonchev–Trinajstić information content (AvgIpc) is 2.65. The highest BCUT2D eigenvalue weighted by Gasteiger charge is 2.17. The van der Waals surface area contributed by atoms with Crippen molar-refractivity contribution < 1.29 is 10.1 Å². The Labute approximate surface area is 148 Å². The molecule has 0 saturated heterocycles. The maximum Gasteiger partial charge on any atom is 0.138 e. The molecule has 0 amide bonds. The maximum absolute atomic E-state index is 6.04. The lowest BCUT2D eigenvalue weighted by Crippen LogP contribution is -2.83. The summed E-state index contributed by atoms with van der Waals surface area (Å²) in [5.74, 6) is 0.885. The first-order chi connectivity index (χ1) is 11.8. The lowest BCUT2D eigenvalue weighted by atomic mass is 9.98. The molecule has 0 aliphatic heterocycles. The van der Waals surface area contributed by atoms with Gasteiger partial charge in [0.25, 0.3) is 0 Å². The summed E-state index contributed by atoms with van der Waals surface area (Å²) < 4.78 is 5.22. The van der Waals surface area contributed by atoms with E-state index in [9.17, 15) is 0 Å². The van der Waals surface area contributed by atoms with E-state index in [1.54, 1.807) is 7.11 Å². The molecule has 2 N–H and O–H groups in total. The molecule has 0 aliphatic carbocycles. The van der Waals surface area contributed by atoms with Gasteiger partial charge >= 0.3 is 0 Å². The van der Waals surface area contributed by atoms with Crippen molar-refractivity contribution in [1.29, 1.82) is 0 Å². The predicted octanol–water partition coefficient (Wildman–Crippen LogP) is 4.20. The number of hydrogen-bond acceptors (Lipinski definition) is 1. The van der Waals surface area contributed by atoms with Crippen molar-refractivity contribution in [3.8, 4) is 5.75 Å². The number of quaternary nitrogens is 1. The van der Waals surface area contributed by atoms with E-state index in [1.807, 2.05) is 30.3 Å². The molecule has 0 spiro atoms. The van der Waals surface area contributed by atoms with Crippen molar-refractivity contribution in [2.24, 2.45) is 0 Å². The second-order valence-electron chi connectivity index (χ2n) is 5.73. The molecule has 0 aliphatic rings. The van der Waals surface area contributed by atoms with Gasteiger partial charge in [-0.25, -0.2) is 0 Å². The minimum Gasteiger partial charge on any atom is -0.497 e. The zero-order valence-corrected chi connectivity index (χ0v) is 14.4. The molecule has 3 rings (SSSR count). The minimum atomic E-state index is 0.241. The summed E-state index contributed by atoms with van der Waals surface area (Å²) in [4.78, 5) is 0. The van der Waals surface area contributed by atoms with E-state index < -0.39 is 0 Å². The van der Waals surface area contributed by atoms with Crippen molar-refractivity contribution in [2.45, 2.75) is 12.6 Å². The first-order valence-corrected chi connectivity index (χ1v) is 8.41. The fraction of sp³-hybridized carbons (Fsp3) is 0.143. The Kier molecular flexibility index (Phi) is 5.52. The van der Waals surface area contributed by atoms with Crippen molar-refractivity contribution >= 4 is 11.6 Å². The molecule has 24 heavy (non-hydrogen) atoms. The van der Waals surface area contributed by atoms with Crippen LogP contribution in [-0.2, 0) is 6.54 Å². The molecule has 3 heteroatoms. The highest BCUT2D eigenvalue weighted by Crippen LogP contribution is 2.20. The molecule has 0 bridgehead atoms. The quantitative estimate of drug-likeness (QED) is 0.716. The number of rotatable bonds is 6. The van der Waals surface area contributed by atoms with Crippen LogP contribution in [0.1, 0.15) is 22.7 Å². The molecule has 1 atom stereocenters. The molecule has 3 aromatic rings. The van der Waals surface area contributed by atoms with Crippen LogP contribution in [0.15, 0.2) is 78.9 Å². The topological polar surface area (TPSA) is 25.8 Å². The van der Waals surface area contributed by atoms with Gasteiger partial charge in [-0.1, -0.05) is 54.1 Å². The Balaban J connectivity index is 1.80. The van der Waals surface area contributed by atoms with Crippen LogP contribution in [0.5, 0.6) is 5.75 Å². The molecule has 0 heterocycles. The van der Waals surface area contributed by atoms with Crippen LogP contribution in [-0.4, -0.2) is 7.11 Å². The van der Waals surface area contributed by atoms with Gasteiger partial charge in [-0.3, -0.25) is 0 Å². The molecular weight excluding hydrogens is 318 g/mol. The van der Waals surface area contributed by atoms with Crippen molar-refractivity contribution in [1.82, 2.24) is 0 Å². The van der Waals surface area contributed by atoms with Crippen LogP contribution in [0, 0.1) is 0 Å². The fourth-order valence-electron chi connectivity index (χ4n) is 2.81. The van der Waals surface area contributed by atoms with E-state index >= 15 is 0 Å². The third-order valence-corrected chi connectivity index (χ3v) is 4.39. The van der Waals surface area contributed by atoms with Crippen molar-refractivity contribution in [3.05, 3.63) is 101 Å². The zero-order valence-electron chi connectivity index (χ0n) is 13.7. The zero-order chi connectivity index (χ0) is 16.8. The lowest BCUT2D eigenvalue weighted by molar-refractivity contribution is -0.702. The highest BCUT2D eigenvalue weighted by molar-refractivity contribution is 6.30. The van der Waals surface area contributed by atoms with Gasteiger partial charge < -0.3 is 10.1 Å².